The van der Waals surface area contributed by atoms with E-state index >= 15 is 0 Å². The lowest BCUT2D eigenvalue weighted by Crippen LogP contribution is -2.18. The number of ether oxygens (including phenoxy) is 1. The SMILES string of the molecule is CCC(C)n1nccc1CNCc1ccc(OC)cc1.Cl. The van der Waals surface area contributed by atoms with Crippen molar-refractivity contribution in [2.75, 3.05) is 7.11 Å². The van der Waals surface area contributed by atoms with Gasteiger partial charge in [0, 0.05) is 25.3 Å². The molecule has 0 spiro atoms. The summed E-state index contributed by atoms with van der Waals surface area (Å²) in [4.78, 5) is 0. The molecule has 0 saturated carbocycles. The first-order valence-electron chi connectivity index (χ1n) is 7.10. The Morgan fingerprint density at radius 1 is 1.19 bits per heavy atom. The van der Waals surface area contributed by atoms with Gasteiger partial charge in [0.2, 0.25) is 0 Å². The summed E-state index contributed by atoms with van der Waals surface area (Å²) < 4.78 is 7.25. The van der Waals surface area contributed by atoms with Crippen LogP contribution in [-0.2, 0) is 13.1 Å². The maximum Gasteiger partial charge on any atom is 0.118 e. The van der Waals surface area contributed by atoms with Gasteiger partial charge in [0.25, 0.3) is 0 Å². The van der Waals surface area contributed by atoms with E-state index in [0.717, 1.165) is 25.3 Å². The van der Waals surface area contributed by atoms with Gasteiger partial charge in [0.05, 0.1) is 12.8 Å². The minimum Gasteiger partial charge on any atom is -0.497 e. The molecule has 5 heteroatoms. The predicted molar refractivity (Wildman–Crippen MR) is 88.0 cm³/mol. The molecule has 4 nitrogen and oxygen atoms in total. The van der Waals surface area contributed by atoms with Crippen LogP contribution in [0.5, 0.6) is 5.75 Å². The monoisotopic (exact) mass is 309 g/mol. The van der Waals surface area contributed by atoms with Gasteiger partial charge in [0.15, 0.2) is 0 Å². The molecule has 1 aromatic heterocycles. The molecule has 116 valence electrons. The quantitative estimate of drug-likeness (QED) is 0.850. The third kappa shape index (κ3) is 4.76. The van der Waals surface area contributed by atoms with E-state index in [2.05, 4.69) is 47.1 Å². The Hall–Kier alpha value is -1.52. The number of methoxy groups -OCH3 is 1. The van der Waals surface area contributed by atoms with Gasteiger partial charge in [-0.05, 0) is 37.1 Å². The molecule has 1 heterocycles. The average Bonchev–Trinajstić information content (AvgIpc) is 2.95. The maximum absolute atomic E-state index is 5.15. The van der Waals surface area contributed by atoms with E-state index in [1.165, 1.54) is 11.3 Å². The first kappa shape index (κ1) is 17.5. The van der Waals surface area contributed by atoms with Crippen molar-refractivity contribution in [3.63, 3.8) is 0 Å². The molecule has 1 atom stereocenters. The fourth-order valence-corrected chi connectivity index (χ4v) is 2.13. The molecule has 2 aromatic rings. The molecule has 0 amide bonds. The average molecular weight is 310 g/mol. The van der Waals surface area contributed by atoms with Gasteiger partial charge in [-0.3, -0.25) is 4.68 Å². The van der Waals surface area contributed by atoms with Crippen LogP contribution >= 0.6 is 12.4 Å². The summed E-state index contributed by atoms with van der Waals surface area (Å²) in [5.74, 6) is 0.892. The lowest BCUT2D eigenvalue weighted by molar-refractivity contribution is 0.414. The lowest BCUT2D eigenvalue weighted by atomic mass is 10.2. The highest BCUT2D eigenvalue weighted by atomic mass is 35.5. The number of rotatable bonds is 7. The highest BCUT2D eigenvalue weighted by Crippen LogP contribution is 2.13. The first-order valence-corrected chi connectivity index (χ1v) is 7.10. The minimum atomic E-state index is 0. The molecule has 0 radical (unpaired) electrons. The number of hydrogen-bond donors (Lipinski definition) is 1. The molecule has 21 heavy (non-hydrogen) atoms. The second-order valence-corrected chi connectivity index (χ2v) is 4.98. The van der Waals surface area contributed by atoms with Crippen LogP contribution in [0.4, 0.5) is 0 Å². The highest BCUT2D eigenvalue weighted by molar-refractivity contribution is 5.85. The molecule has 0 aliphatic heterocycles. The molecule has 1 N–H and O–H groups in total. The van der Waals surface area contributed by atoms with Crippen molar-refractivity contribution < 1.29 is 4.74 Å². The molecule has 0 bridgehead atoms. The fraction of sp³-hybridized carbons (Fsp3) is 0.438. The van der Waals surface area contributed by atoms with Crippen molar-refractivity contribution in [3.8, 4) is 5.75 Å². The standard InChI is InChI=1S/C16H23N3O.ClH/c1-4-13(2)19-15(9-10-18-19)12-17-11-14-5-7-16(20-3)8-6-14;/h5-10,13,17H,4,11-12H2,1-3H3;1H. The van der Waals surface area contributed by atoms with Crippen LogP contribution in [0.1, 0.15) is 37.6 Å². The van der Waals surface area contributed by atoms with Gasteiger partial charge >= 0.3 is 0 Å². The zero-order valence-electron chi connectivity index (χ0n) is 12.9. The second kappa shape index (κ2) is 8.70. The number of benzene rings is 1. The van der Waals surface area contributed by atoms with Crippen molar-refractivity contribution in [1.82, 2.24) is 15.1 Å². The Bertz CT molecular complexity index is 525. The van der Waals surface area contributed by atoms with Gasteiger partial charge < -0.3 is 10.1 Å². The van der Waals surface area contributed by atoms with Crippen molar-refractivity contribution in [1.29, 1.82) is 0 Å². The third-order valence-electron chi connectivity index (χ3n) is 3.55. The Balaban J connectivity index is 0.00000220. The van der Waals surface area contributed by atoms with Crippen molar-refractivity contribution in [3.05, 3.63) is 47.8 Å². The molecular formula is C16H24ClN3O. The molecule has 0 aliphatic carbocycles. The largest absolute Gasteiger partial charge is 0.497 e. The molecule has 1 aromatic carbocycles. The summed E-state index contributed by atoms with van der Waals surface area (Å²) in [6.07, 6.45) is 2.96. The fourth-order valence-electron chi connectivity index (χ4n) is 2.13. The lowest BCUT2D eigenvalue weighted by Gasteiger charge is -2.14. The molecule has 0 saturated heterocycles. The zero-order chi connectivity index (χ0) is 14.4. The zero-order valence-corrected chi connectivity index (χ0v) is 13.7. The summed E-state index contributed by atoms with van der Waals surface area (Å²) in [6.45, 7) is 6.05. The van der Waals surface area contributed by atoms with Gasteiger partial charge in [-0.2, -0.15) is 5.10 Å². The van der Waals surface area contributed by atoms with Crippen LogP contribution in [0.2, 0.25) is 0 Å². The van der Waals surface area contributed by atoms with E-state index in [1.54, 1.807) is 7.11 Å². The predicted octanol–water partition coefficient (Wildman–Crippen LogP) is 3.57. The molecular weight excluding hydrogens is 286 g/mol. The van der Waals surface area contributed by atoms with Crippen LogP contribution in [0.25, 0.3) is 0 Å². The topological polar surface area (TPSA) is 39.1 Å². The van der Waals surface area contributed by atoms with E-state index in [0.29, 0.717) is 6.04 Å². The second-order valence-electron chi connectivity index (χ2n) is 4.98. The maximum atomic E-state index is 5.15. The van der Waals surface area contributed by atoms with Crippen LogP contribution in [0, 0.1) is 0 Å². The van der Waals surface area contributed by atoms with Crippen molar-refractivity contribution in [2.24, 2.45) is 0 Å². The molecule has 0 fully saturated rings. The molecule has 2 rings (SSSR count). The van der Waals surface area contributed by atoms with Gasteiger partial charge in [-0.1, -0.05) is 19.1 Å². The number of nitrogens with one attached hydrogen (secondary N) is 1. The minimum absolute atomic E-state index is 0. The summed E-state index contributed by atoms with van der Waals surface area (Å²) in [5.41, 5.74) is 2.48. The van der Waals surface area contributed by atoms with Crippen molar-refractivity contribution in [2.45, 2.75) is 39.4 Å². The summed E-state index contributed by atoms with van der Waals surface area (Å²) in [6, 6.07) is 10.7. The number of nitrogens with zero attached hydrogens (tertiary/aromatic N) is 2. The third-order valence-corrected chi connectivity index (χ3v) is 3.55. The van der Waals surface area contributed by atoms with Gasteiger partial charge in [-0.25, -0.2) is 0 Å². The Morgan fingerprint density at radius 3 is 2.52 bits per heavy atom. The normalized spacial score (nSPS) is 11.8. The van der Waals surface area contributed by atoms with Crippen LogP contribution in [-0.4, -0.2) is 16.9 Å². The smallest absolute Gasteiger partial charge is 0.118 e. The summed E-state index contributed by atoms with van der Waals surface area (Å²) in [5, 5.41) is 7.85. The molecule has 0 aliphatic rings. The van der Waals surface area contributed by atoms with Crippen LogP contribution in [0.15, 0.2) is 36.5 Å². The van der Waals surface area contributed by atoms with Crippen LogP contribution < -0.4 is 10.1 Å². The molecule has 1 unspecified atom stereocenters. The Labute approximate surface area is 132 Å². The first-order chi connectivity index (χ1) is 9.74. The Kier molecular flexibility index (Phi) is 7.26. The van der Waals surface area contributed by atoms with E-state index < -0.39 is 0 Å². The number of halogens is 1. The van der Waals surface area contributed by atoms with E-state index in [1.807, 2.05) is 18.3 Å². The van der Waals surface area contributed by atoms with E-state index in [-0.39, 0.29) is 12.4 Å². The number of hydrogen-bond acceptors (Lipinski definition) is 3. The summed E-state index contributed by atoms with van der Waals surface area (Å²) >= 11 is 0. The van der Waals surface area contributed by atoms with E-state index in [4.69, 9.17) is 4.74 Å². The van der Waals surface area contributed by atoms with Crippen LogP contribution in [0.3, 0.4) is 0 Å². The van der Waals surface area contributed by atoms with Gasteiger partial charge in [0.1, 0.15) is 5.75 Å². The van der Waals surface area contributed by atoms with Gasteiger partial charge in [-0.15, -0.1) is 12.4 Å². The highest BCUT2D eigenvalue weighted by Gasteiger charge is 2.07. The van der Waals surface area contributed by atoms with E-state index in [9.17, 15) is 0 Å². The summed E-state index contributed by atoms with van der Waals surface area (Å²) in [7, 11) is 1.68. The Morgan fingerprint density at radius 2 is 1.90 bits per heavy atom. The van der Waals surface area contributed by atoms with Crippen molar-refractivity contribution >= 4 is 12.4 Å². The number of aromatic nitrogens is 2.